The molecule has 0 radical (unpaired) electrons. The van der Waals surface area contributed by atoms with E-state index in [0.717, 1.165) is 17.0 Å². The molecule has 1 aromatic rings. The molecule has 2 amide bonds. The molecular formula is C16H14N2O3. The number of phenols is 1. The Morgan fingerprint density at radius 3 is 2.19 bits per heavy atom. The van der Waals surface area contributed by atoms with Gasteiger partial charge in [-0.2, -0.15) is 10.1 Å². The Hall–Kier alpha value is -2.43. The molecule has 1 N–H and O–H groups in total. The number of benzene rings is 1. The van der Waals surface area contributed by atoms with Gasteiger partial charge in [-0.15, -0.1) is 0 Å². The molecule has 2 fully saturated rings. The summed E-state index contributed by atoms with van der Waals surface area (Å²) in [4.78, 5) is 24.8. The van der Waals surface area contributed by atoms with Crippen molar-refractivity contribution in [1.29, 1.82) is 0 Å². The maximum atomic E-state index is 12.4. The van der Waals surface area contributed by atoms with Crippen molar-refractivity contribution in [3.63, 3.8) is 0 Å². The first-order chi connectivity index (χ1) is 10.1. The van der Waals surface area contributed by atoms with Crippen LogP contribution in [0, 0.1) is 23.7 Å². The van der Waals surface area contributed by atoms with Gasteiger partial charge in [-0.1, -0.05) is 12.2 Å². The minimum Gasteiger partial charge on any atom is -0.508 e. The number of aromatic hydroxyl groups is 1. The third-order valence-electron chi connectivity index (χ3n) is 4.66. The highest BCUT2D eigenvalue weighted by atomic mass is 16.3. The number of rotatable bonds is 2. The molecule has 2 bridgehead atoms. The van der Waals surface area contributed by atoms with Crippen molar-refractivity contribution in [2.45, 2.75) is 6.42 Å². The third-order valence-corrected chi connectivity index (χ3v) is 4.66. The summed E-state index contributed by atoms with van der Waals surface area (Å²) in [6.45, 7) is 0. The molecule has 4 rings (SSSR count). The SMILES string of the molecule is O=C1[C@@H]2[C@H](C(=O)N1/N=C/c1ccc(O)cc1)[C@@H]1C=C[C@H]2C1. The Labute approximate surface area is 121 Å². The molecule has 5 heteroatoms. The van der Waals surface area contributed by atoms with Gasteiger partial charge >= 0.3 is 0 Å². The molecule has 2 aliphatic carbocycles. The average molecular weight is 282 g/mol. The van der Waals surface area contributed by atoms with Crippen LogP contribution < -0.4 is 0 Å². The predicted octanol–water partition coefficient (Wildman–Crippen LogP) is 1.53. The van der Waals surface area contributed by atoms with Crippen molar-refractivity contribution in [1.82, 2.24) is 5.01 Å². The van der Waals surface area contributed by atoms with Gasteiger partial charge in [0.15, 0.2) is 0 Å². The Balaban J connectivity index is 1.58. The number of allylic oxidation sites excluding steroid dienone is 2. The molecule has 106 valence electrons. The molecule has 1 saturated heterocycles. The summed E-state index contributed by atoms with van der Waals surface area (Å²) in [6.07, 6.45) is 6.52. The number of hydrogen-bond donors (Lipinski definition) is 1. The van der Waals surface area contributed by atoms with Crippen LogP contribution in [-0.2, 0) is 9.59 Å². The van der Waals surface area contributed by atoms with E-state index in [1.165, 1.54) is 18.3 Å². The number of fused-ring (bicyclic) bond motifs is 5. The summed E-state index contributed by atoms with van der Waals surface area (Å²) in [5.74, 6) is -0.240. The second-order valence-electron chi connectivity index (χ2n) is 5.82. The Morgan fingerprint density at radius 1 is 1.05 bits per heavy atom. The standard InChI is InChI=1S/C16H14N2O3/c19-12-5-1-9(2-6-12)8-17-18-15(20)13-10-3-4-11(7-10)14(13)16(18)21/h1-6,8,10-11,13-14,19H,7H2/b17-8+/t10-,11+,13-,14+. The first-order valence-electron chi connectivity index (χ1n) is 7.04. The molecule has 1 saturated carbocycles. The van der Waals surface area contributed by atoms with Gasteiger partial charge in [-0.25, -0.2) is 0 Å². The van der Waals surface area contributed by atoms with Crippen LogP contribution in [0.2, 0.25) is 0 Å². The van der Waals surface area contributed by atoms with Crippen molar-refractivity contribution in [2.24, 2.45) is 28.8 Å². The van der Waals surface area contributed by atoms with E-state index in [-0.39, 0.29) is 41.2 Å². The summed E-state index contributed by atoms with van der Waals surface area (Å²) >= 11 is 0. The number of carbonyl (C=O) groups is 2. The van der Waals surface area contributed by atoms with Gasteiger partial charge in [0.1, 0.15) is 5.75 Å². The van der Waals surface area contributed by atoms with Crippen LogP contribution in [0.3, 0.4) is 0 Å². The van der Waals surface area contributed by atoms with Crippen molar-refractivity contribution < 1.29 is 14.7 Å². The number of imide groups is 1. The van der Waals surface area contributed by atoms with Gasteiger partial charge in [0.2, 0.25) is 0 Å². The minimum atomic E-state index is -0.218. The molecule has 1 heterocycles. The zero-order valence-corrected chi connectivity index (χ0v) is 11.2. The highest BCUT2D eigenvalue weighted by Gasteiger charge is 2.59. The summed E-state index contributed by atoms with van der Waals surface area (Å²) in [6, 6.07) is 6.42. The van der Waals surface area contributed by atoms with E-state index in [1.54, 1.807) is 12.1 Å². The van der Waals surface area contributed by atoms with E-state index < -0.39 is 0 Å². The van der Waals surface area contributed by atoms with Gasteiger partial charge < -0.3 is 5.11 Å². The maximum Gasteiger partial charge on any atom is 0.254 e. The van der Waals surface area contributed by atoms with E-state index in [9.17, 15) is 14.7 Å². The van der Waals surface area contributed by atoms with Crippen LogP contribution in [0.4, 0.5) is 0 Å². The fourth-order valence-corrected chi connectivity index (χ4v) is 3.69. The van der Waals surface area contributed by atoms with E-state index in [1.807, 2.05) is 0 Å². The first kappa shape index (κ1) is 12.3. The molecule has 0 aromatic heterocycles. The molecule has 0 unspecified atom stereocenters. The Bertz CT molecular complexity index is 647. The lowest BCUT2D eigenvalue weighted by Crippen LogP contribution is -2.28. The Morgan fingerprint density at radius 2 is 1.62 bits per heavy atom. The van der Waals surface area contributed by atoms with E-state index >= 15 is 0 Å². The lowest BCUT2D eigenvalue weighted by molar-refractivity contribution is -0.140. The zero-order valence-electron chi connectivity index (χ0n) is 11.2. The van der Waals surface area contributed by atoms with Gasteiger partial charge in [-0.3, -0.25) is 9.59 Å². The summed E-state index contributed by atoms with van der Waals surface area (Å²) in [7, 11) is 0. The highest BCUT2D eigenvalue weighted by molar-refractivity contribution is 6.06. The number of amides is 2. The van der Waals surface area contributed by atoms with Crippen molar-refractivity contribution in [2.75, 3.05) is 0 Å². The summed E-state index contributed by atoms with van der Waals surface area (Å²) < 4.78 is 0. The fraction of sp³-hybridized carbons (Fsp3) is 0.312. The molecule has 4 atom stereocenters. The summed E-state index contributed by atoms with van der Waals surface area (Å²) in [5, 5.41) is 14.3. The monoisotopic (exact) mass is 282 g/mol. The molecule has 1 aliphatic heterocycles. The van der Waals surface area contributed by atoms with Crippen LogP contribution in [0.1, 0.15) is 12.0 Å². The zero-order chi connectivity index (χ0) is 14.6. The predicted molar refractivity (Wildman–Crippen MR) is 75.3 cm³/mol. The van der Waals surface area contributed by atoms with Crippen LogP contribution >= 0.6 is 0 Å². The Kier molecular flexibility index (Phi) is 2.51. The van der Waals surface area contributed by atoms with Crippen LogP contribution in [0.15, 0.2) is 41.5 Å². The minimum absolute atomic E-state index is 0.164. The largest absolute Gasteiger partial charge is 0.508 e. The first-order valence-corrected chi connectivity index (χ1v) is 7.04. The lowest BCUT2D eigenvalue weighted by Gasteiger charge is -2.13. The third kappa shape index (κ3) is 1.73. The number of phenolic OH excluding ortho intramolecular Hbond substituents is 1. The smallest absolute Gasteiger partial charge is 0.254 e. The van der Waals surface area contributed by atoms with Gasteiger partial charge in [0.05, 0.1) is 18.1 Å². The molecular weight excluding hydrogens is 268 g/mol. The number of hydrazone groups is 1. The van der Waals surface area contributed by atoms with E-state index in [4.69, 9.17) is 0 Å². The van der Waals surface area contributed by atoms with Crippen LogP contribution in [-0.4, -0.2) is 28.1 Å². The van der Waals surface area contributed by atoms with Crippen LogP contribution in [0.5, 0.6) is 5.75 Å². The quantitative estimate of drug-likeness (QED) is 0.508. The molecule has 1 aromatic carbocycles. The number of hydrogen-bond acceptors (Lipinski definition) is 4. The van der Waals surface area contributed by atoms with Crippen molar-refractivity contribution in [3.05, 3.63) is 42.0 Å². The van der Waals surface area contributed by atoms with Crippen molar-refractivity contribution in [3.8, 4) is 5.75 Å². The van der Waals surface area contributed by atoms with Crippen molar-refractivity contribution >= 4 is 18.0 Å². The number of nitrogens with zero attached hydrogens (tertiary/aromatic N) is 2. The van der Waals surface area contributed by atoms with E-state index in [2.05, 4.69) is 17.3 Å². The average Bonchev–Trinajstić information content (AvgIpc) is 3.14. The second-order valence-corrected chi connectivity index (χ2v) is 5.82. The molecule has 0 spiro atoms. The van der Waals surface area contributed by atoms with Gasteiger partial charge in [0.25, 0.3) is 11.8 Å². The normalized spacial score (nSPS) is 33.4. The second kappa shape index (κ2) is 4.28. The van der Waals surface area contributed by atoms with E-state index in [0.29, 0.717) is 0 Å². The lowest BCUT2D eigenvalue weighted by atomic mass is 9.85. The molecule has 21 heavy (non-hydrogen) atoms. The highest BCUT2D eigenvalue weighted by Crippen LogP contribution is 2.52. The fourth-order valence-electron chi connectivity index (χ4n) is 3.69. The van der Waals surface area contributed by atoms with Gasteiger partial charge in [-0.05, 0) is 48.1 Å². The molecule has 3 aliphatic rings. The summed E-state index contributed by atoms with van der Waals surface area (Å²) in [5.41, 5.74) is 0.728. The number of carbonyl (C=O) groups excluding carboxylic acids is 2. The topological polar surface area (TPSA) is 70.0 Å². The van der Waals surface area contributed by atoms with Crippen LogP contribution in [0.25, 0.3) is 0 Å². The maximum absolute atomic E-state index is 12.4. The molecule has 5 nitrogen and oxygen atoms in total. The van der Waals surface area contributed by atoms with Gasteiger partial charge in [0, 0.05) is 0 Å².